The first-order valence-corrected chi connectivity index (χ1v) is 6.14. The van der Waals surface area contributed by atoms with Crippen LogP contribution in [-0.2, 0) is 0 Å². The molecular formula is C12H26N2. The summed E-state index contributed by atoms with van der Waals surface area (Å²) in [6.07, 6.45) is 5.31. The molecule has 0 aromatic carbocycles. The summed E-state index contributed by atoms with van der Waals surface area (Å²) in [4.78, 5) is 2.52. The van der Waals surface area contributed by atoms with Gasteiger partial charge in [0.05, 0.1) is 0 Å². The number of likely N-dealkylation sites (N-methyl/N-ethyl adjacent to an activating group) is 1. The van der Waals surface area contributed by atoms with Gasteiger partial charge in [-0.2, -0.15) is 0 Å². The minimum absolute atomic E-state index is 0.667. The first-order chi connectivity index (χ1) is 6.69. The van der Waals surface area contributed by atoms with Crippen molar-refractivity contribution >= 4 is 0 Å². The minimum atomic E-state index is 0.667. The number of hydrogen-bond acceptors (Lipinski definition) is 2. The third-order valence-electron chi connectivity index (χ3n) is 3.49. The quantitative estimate of drug-likeness (QED) is 0.675. The van der Waals surface area contributed by atoms with Crippen molar-refractivity contribution < 1.29 is 0 Å². The van der Waals surface area contributed by atoms with Crippen LogP contribution in [0.25, 0.3) is 0 Å². The number of hydrogen-bond donors (Lipinski definition) is 1. The Morgan fingerprint density at radius 3 is 2.29 bits per heavy atom. The molecule has 0 aromatic heterocycles. The largest absolute Gasteiger partial charge is 0.312 e. The molecule has 1 aliphatic rings. The van der Waals surface area contributed by atoms with Crippen LogP contribution in [-0.4, -0.2) is 36.6 Å². The zero-order chi connectivity index (χ0) is 10.6. The molecule has 1 unspecified atom stereocenters. The lowest BCUT2D eigenvalue weighted by atomic mass is 10.1. The fourth-order valence-corrected chi connectivity index (χ4v) is 1.99. The van der Waals surface area contributed by atoms with E-state index in [0.29, 0.717) is 6.04 Å². The zero-order valence-corrected chi connectivity index (χ0v) is 10.2. The first-order valence-electron chi connectivity index (χ1n) is 6.14. The van der Waals surface area contributed by atoms with Crippen LogP contribution in [0.2, 0.25) is 0 Å². The van der Waals surface area contributed by atoms with Gasteiger partial charge in [-0.05, 0) is 39.7 Å². The van der Waals surface area contributed by atoms with E-state index in [1.165, 1.54) is 25.7 Å². The van der Waals surface area contributed by atoms with Crippen molar-refractivity contribution in [1.29, 1.82) is 0 Å². The number of rotatable bonds is 7. The molecule has 0 aliphatic heterocycles. The van der Waals surface area contributed by atoms with Crippen molar-refractivity contribution in [2.24, 2.45) is 0 Å². The van der Waals surface area contributed by atoms with Gasteiger partial charge in [0.15, 0.2) is 0 Å². The minimum Gasteiger partial charge on any atom is -0.312 e. The van der Waals surface area contributed by atoms with E-state index in [1.54, 1.807) is 0 Å². The average molecular weight is 198 g/mol. The molecule has 1 N–H and O–H groups in total. The molecule has 1 atom stereocenters. The monoisotopic (exact) mass is 198 g/mol. The molecular weight excluding hydrogens is 172 g/mol. The van der Waals surface area contributed by atoms with Crippen LogP contribution in [0.3, 0.4) is 0 Å². The highest BCUT2D eigenvalue weighted by Gasteiger charge is 2.23. The Morgan fingerprint density at radius 1 is 1.29 bits per heavy atom. The van der Waals surface area contributed by atoms with Crippen molar-refractivity contribution in [3.63, 3.8) is 0 Å². The molecule has 0 aromatic rings. The third-order valence-corrected chi connectivity index (χ3v) is 3.49. The highest BCUT2D eigenvalue weighted by Crippen LogP contribution is 2.19. The summed E-state index contributed by atoms with van der Waals surface area (Å²) in [7, 11) is 2.26. The Bertz CT molecular complexity index is 150. The zero-order valence-electron chi connectivity index (χ0n) is 10.2. The van der Waals surface area contributed by atoms with Crippen LogP contribution in [0.5, 0.6) is 0 Å². The van der Waals surface area contributed by atoms with Gasteiger partial charge in [-0.1, -0.05) is 13.8 Å². The Balaban J connectivity index is 2.21. The summed E-state index contributed by atoms with van der Waals surface area (Å²) in [6.45, 7) is 8.04. The summed E-state index contributed by atoms with van der Waals surface area (Å²) in [5.74, 6) is 0. The summed E-state index contributed by atoms with van der Waals surface area (Å²) >= 11 is 0. The molecule has 1 fully saturated rings. The normalized spacial score (nSPS) is 19.3. The second kappa shape index (κ2) is 5.72. The summed E-state index contributed by atoms with van der Waals surface area (Å²) < 4.78 is 0. The Morgan fingerprint density at radius 2 is 1.86 bits per heavy atom. The maximum Gasteiger partial charge on any atom is 0.0192 e. The van der Waals surface area contributed by atoms with Crippen LogP contribution in [0.1, 0.15) is 46.5 Å². The summed E-state index contributed by atoms with van der Waals surface area (Å²) in [5.41, 5.74) is 0. The van der Waals surface area contributed by atoms with E-state index in [1.807, 2.05) is 0 Å². The topological polar surface area (TPSA) is 15.3 Å². The van der Waals surface area contributed by atoms with E-state index in [2.05, 4.69) is 38.0 Å². The molecule has 1 saturated carbocycles. The van der Waals surface area contributed by atoms with E-state index >= 15 is 0 Å². The lowest BCUT2D eigenvalue weighted by Crippen LogP contribution is -2.43. The van der Waals surface area contributed by atoms with Crippen molar-refractivity contribution in [2.45, 2.75) is 64.6 Å². The van der Waals surface area contributed by atoms with Crippen molar-refractivity contribution in [2.75, 3.05) is 13.6 Å². The van der Waals surface area contributed by atoms with Crippen LogP contribution < -0.4 is 5.32 Å². The molecule has 14 heavy (non-hydrogen) atoms. The smallest absolute Gasteiger partial charge is 0.0192 e. The van der Waals surface area contributed by atoms with E-state index < -0.39 is 0 Å². The SMILES string of the molecule is CCC(CC)N(C)C(C)CNC1CC1. The molecule has 0 saturated heterocycles. The van der Waals surface area contributed by atoms with Gasteiger partial charge in [-0.25, -0.2) is 0 Å². The standard InChI is InChI=1S/C12H26N2/c1-5-12(6-2)14(4)10(3)9-13-11-7-8-11/h10-13H,5-9H2,1-4H3. The predicted molar refractivity (Wildman–Crippen MR) is 62.6 cm³/mol. The Hall–Kier alpha value is -0.0800. The van der Waals surface area contributed by atoms with Crippen LogP contribution in [0, 0.1) is 0 Å². The maximum absolute atomic E-state index is 3.60. The van der Waals surface area contributed by atoms with Gasteiger partial charge in [0.1, 0.15) is 0 Å². The maximum atomic E-state index is 3.60. The third kappa shape index (κ3) is 3.58. The van der Waals surface area contributed by atoms with Crippen molar-refractivity contribution in [3.8, 4) is 0 Å². The second-order valence-electron chi connectivity index (χ2n) is 4.67. The molecule has 0 radical (unpaired) electrons. The first kappa shape index (κ1) is 12.0. The summed E-state index contributed by atoms with van der Waals surface area (Å²) in [6, 6.07) is 2.26. The van der Waals surface area contributed by atoms with E-state index in [9.17, 15) is 0 Å². The van der Waals surface area contributed by atoms with Gasteiger partial charge in [0.25, 0.3) is 0 Å². The second-order valence-corrected chi connectivity index (χ2v) is 4.67. The van der Waals surface area contributed by atoms with Gasteiger partial charge < -0.3 is 5.32 Å². The van der Waals surface area contributed by atoms with Crippen LogP contribution >= 0.6 is 0 Å². The lowest BCUT2D eigenvalue weighted by molar-refractivity contribution is 0.171. The molecule has 2 nitrogen and oxygen atoms in total. The highest BCUT2D eigenvalue weighted by atomic mass is 15.2. The van der Waals surface area contributed by atoms with Crippen LogP contribution in [0.4, 0.5) is 0 Å². The lowest BCUT2D eigenvalue weighted by Gasteiger charge is -2.32. The molecule has 1 aliphatic carbocycles. The van der Waals surface area contributed by atoms with Gasteiger partial charge in [0.2, 0.25) is 0 Å². The fraction of sp³-hybridized carbons (Fsp3) is 1.00. The number of nitrogens with zero attached hydrogens (tertiary/aromatic N) is 1. The molecule has 1 rings (SSSR count). The Kier molecular flexibility index (Phi) is 4.90. The molecule has 0 spiro atoms. The molecule has 0 bridgehead atoms. The predicted octanol–water partition coefficient (Wildman–Crippen LogP) is 2.25. The molecule has 0 heterocycles. The van der Waals surface area contributed by atoms with Gasteiger partial charge in [0, 0.05) is 24.7 Å². The van der Waals surface area contributed by atoms with E-state index in [0.717, 1.165) is 18.6 Å². The Labute approximate surface area is 89.1 Å². The van der Waals surface area contributed by atoms with E-state index in [4.69, 9.17) is 0 Å². The summed E-state index contributed by atoms with van der Waals surface area (Å²) in [5, 5.41) is 3.60. The fourth-order valence-electron chi connectivity index (χ4n) is 1.99. The van der Waals surface area contributed by atoms with E-state index in [-0.39, 0.29) is 0 Å². The van der Waals surface area contributed by atoms with Gasteiger partial charge in [-0.15, -0.1) is 0 Å². The molecule has 0 amide bonds. The van der Waals surface area contributed by atoms with Gasteiger partial charge >= 0.3 is 0 Å². The molecule has 84 valence electrons. The highest BCUT2D eigenvalue weighted by molar-refractivity contribution is 4.83. The van der Waals surface area contributed by atoms with Crippen molar-refractivity contribution in [3.05, 3.63) is 0 Å². The van der Waals surface area contributed by atoms with Crippen molar-refractivity contribution in [1.82, 2.24) is 10.2 Å². The number of nitrogens with one attached hydrogen (secondary N) is 1. The van der Waals surface area contributed by atoms with Gasteiger partial charge in [-0.3, -0.25) is 4.90 Å². The molecule has 2 heteroatoms. The average Bonchev–Trinajstić information content (AvgIpc) is 2.99. The van der Waals surface area contributed by atoms with Crippen LogP contribution in [0.15, 0.2) is 0 Å².